The van der Waals surface area contributed by atoms with Crippen LogP contribution < -0.4 is 5.32 Å². The average Bonchev–Trinajstić information content (AvgIpc) is 2.56. The lowest BCUT2D eigenvalue weighted by atomic mass is 10.2. The van der Waals surface area contributed by atoms with Crippen LogP contribution in [0.15, 0.2) is 12.3 Å². The molecule has 94 valence electrons. The van der Waals surface area contributed by atoms with Gasteiger partial charge in [-0.1, -0.05) is 6.08 Å². The maximum atomic E-state index is 11.3. The Kier molecular flexibility index (Phi) is 4.69. The van der Waals surface area contributed by atoms with Crippen molar-refractivity contribution in [3.05, 3.63) is 22.2 Å². The summed E-state index contributed by atoms with van der Waals surface area (Å²) in [6.45, 7) is 7.95. The van der Waals surface area contributed by atoms with Gasteiger partial charge in [-0.25, -0.2) is 9.78 Å². The molecule has 1 rings (SSSR count). The highest BCUT2D eigenvalue weighted by Crippen LogP contribution is 2.12. The fourth-order valence-electron chi connectivity index (χ4n) is 1.07. The average molecular weight is 254 g/mol. The van der Waals surface area contributed by atoms with Gasteiger partial charge in [0, 0.05) is 17.6 Å². The van der Waals surface area contributed by atoms with Crippen LogP contribution in [0, 0.1) is 6.92 Å². The van der Waals surface area contributed by atoms with Crippen LogP contribution >= 0.6 is 11.3 Å². The predicted molar refractivity (Wildman–Crippen MR) is 70.1 cm³/mol. The second-order valence-electron chi connectivity index (χ2n) is 4.59. The molecular formula is C12H18N2O2S. The maximum Gasteiger partial charge on any atom is 0.407 e. The molecule has 1 aromatic rings. The topological polar surface area (TPSA) is 51.2 Å². The van der Waals surface area contributed by atoms with Crippen LogP contribution in [0.3, 0.4) is 0 Å². The van der Waals surface area contributed by atoms with Crippen molar-refractivity contribution in [1.29, 1.82) is 0 Å². The van der Waals surface area contributed by atoms with Gasteiger partial charge in [-0.3, -0.25) is 0 Å². The number of rotatable bonds is 3. The first-order chi connectivity index (χ1) is 7.87. The molecule has 0 unspecified atom stereocenters. The Balaban J connectivity index is 2.28. The number of hydrogen-bond donors (Lipinski definition) is 1. The Morgan fingerprint density at radius 2 is 2.29 bits per heavy atom. The van der Waals surface area contributed by atoms with Crippen LogP contribution in [0.2, 0.25) is 0 Å². The van der Waals surface area contributed by atoms with Crippen LogP contribution in [-0.4, -0.2) is 23.2 Å². The van der Waals surface area contributed by atoms with Crippen LogP contribution in [0.5, 0.6) is 0 Å². The highest BCUT2D eigenvalue weighted by Gasteiger charge is 2.14. The van der Waals surface area contributed by atoms with Gasteiger partial charge in [0.05, 0.1) is 0 Å². The molecule has 0 saturated carbocycles. The number of carbonyl (C=O) groups is 1. The minimum absolute atomic E-state index is 0.405. The normalized spacial score (nSPS) is 11.8. The number of carbonyl (C=O) groups excluding carboxylic acids is 1. The van der Waals surface area contributed by atoms with Gasteiger partial charge in [0.25, 0.3) is 0 Å². The van der Waals surface area contributed by atoms with E-state index in [0.29, 0.717) is 6.54 Å². The number of alkyl carbamates (subject to hydrolysis) is 1. The van der Waals surface area contributed by atoms with Crippen LogP contribution in [0.1, 0.15) is 30.7 Å². The molecule has 1 aromatic heterocycles. The Bertz CT molecular complexity index is 405. The molecule has 1 heterocycles. The number of hydrogen-bond acceptors (Lipinski definition) is 4. The Hall–Kier alpha value is -1.36. The van der Waals surface area contributed by atoms with E-state index in [-0.39, 0.29) is 0 Å². The monoisotopic (exact) mass is 254 g/mol. The zero-order valence-electron chi connectivity index (χ0n) is 10.6. The number of nitrogens with one attached hydrogen (secondary N) is 1. The SMILES string of the molecule is Cc1cnc(C=CCNC(=O)OC(C)(C)C)s1. The van der Waals surface area contributed by atoms with E-state index in [1.165, 1.54) is 4.88 Å². The van der Waals surface area contributed by atoms with E-state index in [9.17, 15) is 4.79 Å². The first-order valence-corrected chi connectivity index (χ1v) is 6.24. The summed E-state index contributed by atoms with van der Waals surface area (Å²) in [5.41, 5.74) is -0.458. The molecule has 5 heteroatoms. The van der Waals surface area contributed by atoms with Crippen LogP contribution in [0.25, 0.3) is 6.08 Å². The van der Waals surface area contributed by atoms with Crippen LogP contribution in [-0.2, 0) is 4.74 Å². The summed E-state index contributed by atoms with van der Waals surface area (Å²) in [6, 6.07) is 0. The highest BCUT2D eigenvalue weighted by atomic mass is 32.1. The van der Waals surface area contributed by atoms with Gasteiger partial charge in [-0.2, -0.15) is 0 Å². The van der Waals surface area contributed by atoms with Crippen molar-refractivity contribution in [3.63, 3.8) is 0 Å². The number of nitrogens with zero attached hydrogens (tertiary/aromatic N) is 1. The van der Waals surface area contributed by atoms with Gasteiger partial charge in [-0.15, -0.1) is 11.3 Å². The summed E-state index contributed by atoms with van der Waals surface area (Å²) in [7, 11) is 0. The Morgan fingerprint density at radius 3 is 2.82 bits per heavy atom. The molecule has 0 saturated heterocycles. The van der Waals surface area contributed by atoms with Gasteiger partial charge < -0.3 is 10.1 Å². The van der Waals surface area contributed by atoms with Crippen molar-refractivity contribution in [2.24, 2.45) is 0 Å². The van der Waals surface area contributed by atoms with Gasteiger partial charge in [0.1, 0.15) is 10.6 Å². The Labute approximate surface area is 106 Å². The number of amides is 1. The molecule has 0 aliphatic rings. The zero-order valence-corrected chi connectivity index (χ0v) is 11.4. The Morgan fingerprint density at radius 1 is 1.59 bits per heavy atom. The fourth-order valence-corrected chi connectivity index (χ4v) is 1.77. The first-order valence-electron chi connectivity index (χ1n) is 5.42. The number of aryl methyl sites for hydroxylation is 1. The van der Waals surface area contributed by atoms with Crippen molar-refractivity contribution in [1.82, 2.24) is 10.3 Å². The van der Waals surface area contributed by atoms with Gasteiger partial charge in [0.15, 0.2) is 0 Å². The van der Waals surface area contributed by atoms with Crippen molar-refractivity contribution in [3.8, 4) is 0 Å². The number of thiazole rings is 1. The summed E-state index contributed by atoms with van der Waals surface area (Å²) >= 11 is 1.61. The summed E-state index contributed by atoms with van der Waals surface area (Å²) in [6.07, 6.45) is 5.15. The van der Waals surface area contributed by atoms with E-state index in [4.69, 9.17) is 4.74 Å². The largest absolute Gasteiger partial charge is 0.444 e. The molecular weight excluding hydrogens is 236 g/mol. The first kappa shape index (κ1) is 13.7. The standard InChI is InChI=1S/C12H18N2O2S/c1-9-8-14-10(17-9)6-5-7-13-11(15)16-12(2,3)4/h5-6,8H,7H2,1-4H3,(H,13,15). The molecule has 0 aliphatic carbocycles. The molecule has 17 heavy (non-hydrogen) atoms. The van der Waals surface area contributed by atoms with E-state index in [1.54, 1.807) is 11.3 Å². The van der Waals surface area contributed by atoms with E-state index < -0.39 is 11.7 Å². The molecule has 1 N–H and O–H groups in total. The van der Waals surface area contributed by atoms with Crippen molar-refractivity contribution >= 4 is 23.5 Å². The van der Waals surface area contributed by atoms with Crippen molar-refractivity contribution in [2.45, 2.75) is 33.3 Å². The lowest BCUT2D eigenvalue weighted by Crippen LogP contribution is -2.32. The number of aromatic nitrogens is 1. The smallest absolute Gasteiger partial charge is 0.407 e. The van der Waals surface area contributed by atoms with E-state index >= 15 is 0 Å². The minimum atomic E-state index is -0.458. The molecule has 0 radical (unpaired) electrons. The van der Waals surface area contributed by atoms with E-state index in [2.05, 4.69) is 10.3 Å². The lowest BCUT2D eigenvalue weighted by molar-refractivity contribution is 0.0534. The summed E-state index contributed by atoms with van der Waals surface area (Å²) in [5.74, 6) is 0. The predicted octanol–water partition coefficient (Wildman–Crippen LogP) is 2.99. The molecule has 0 spiro atoms. The quantitative estimate of drug-likeness (QED) is 0.902. The highest BCUT2D eigenvalue weighted by molar-refractivity contribution is 7.12. The summed E-state index contributed by atoms with van der Waals surface area (Å²) in [4.78, 5) is 16.6. The second-order valence-corrected chi connectivity index (χ2v) is 5.86. The third-order valence-electron chi connectivity index (χ3n) is 1.66. The molecule has 0 atom stereocenters. The molecule has 0 aromatic carbocycles. The van der Waals surface area contributed by atoms with Gasteiger partial charge in [0.2, 0.25) is 0 Å². The van der Waals surface area contributed by atoms with E-state index in [0.717, 1.165) is 5.01 Å². The fraction of sp³-hybridized carbons (Fsp3) is 0.500. The molecule has 0 fully saturated rings. The third-order valence-corrected chi connectivity index (χ3v) is 2.54. The zero-order chi connectivity index (χ0) is 12.9. The number of ether oxygens (including phenoxy) is 1. The molecule has 1 amide bonds. The maximum absolute atomic E-state index is 11.3. The minimum Gasteiger partial charge on any atom is -0.444 e. The summed E-state index contributed by atoms with van der Waals surface area (Å²) < 4.78 is 5.10. The molecule has 4 nitrogen and oxygen atoms in total. The summed E-state index contributed by atoms with van der Waals surface area (Å²) in [5, 5.41) is 3.58. The second kappa shape index (κ2) is 5.82. The third kappa shape index (κ3) is 6.06. The van der Waals surface area contributed by atoms with Crippen molar-refractivity contribution < 1.29 is 9.53 Å². The van der Waals surface area contributed by atoms with Gasteiger partial charge >= 0.3 is 6.09 Å². The van der Waals surface area contributed by atoms with Crippen molar-refractivity contribution in [2.75, 3.05) is 6.54 Å². The lowest BCUT2D eigenvalue weighted by Gasteiger charge is -2.19. The molecule has 0 bridgehead atoms. The van der Waals surface area contributed by atoms with Crippen LogP contribution in [0.4, 0.5) is 4.79 Å². The van der Waals surface area contributed by atoms with Gasteiger partial charge in [-0.05, 0) is 33.8 Å². The van der Waals surface area contributed by atoms with E-state index in [1.807, 2.05) is 46.0 Å². The molecule has 0 aliphatic heterocycles.